The molecule has 1 N–H and O–H groups in total. The average molecular weight is 443 g/mol. The zero-order chi connectivity index (χ0) is 21.4. The van der Waals surface area contributed by atoms with Gasteiger partial charge >= 0.3 is 0 Å². The van der Waals surface area contributed by atoms with E-state index in [-0.39, 0.29) is 15.7 Å². The summed E-state index contributed by atoms with van der Waals surface area (Å²) in [6.45, 7) is 2.49. The molecule has 0 aromatic heterocycles. The first kappa shape index (κ1) is 22.6. The summed E-state index contributed by atoms with van der Waals surface area (Å²) in [5.41, 5.74) is 0.545. The lowest BCUT2D eigenvalue weighted by Gasteiger charge is -2.14. The fourth-order valence-electron chi connectivity index (χ4n) is 2.40. The first-order chi connectivity index (χ1) is 13.9. The molecular formula is C19H23ClN2O6S. The van der Waals surface area contributed by atoms with Crippen LogP contribution in [-0.4, -0.2) is 42.6 Å². The number of halogens is 1. The van der Waals surface area contributed by atoms with E-state index < -0.39 is 10.0 Å². The number of sulfonamides is 1. The molecule has 2 rings (SSSR count). The third-order valence-corrected chi connectivity index (χ3v) is 5.21. The lowest BCUT2D eigenvalue weighted by Crippen LogP contribution is -2.19. The molecule has 0 radical (unpaired) electrons. The van der Waals surface area contributed by atoms with Crippen molar-refractivity contribution in [1.29, 1.82) is 0 Å². The Balaban J connectivity index is 2.29. The van der Waals surface area contributed by atoms with Gasteiger partial charge in [0.1, 0.15) is 10.6 Å². The molecule has 0 aliphatic heterocycles. The van der Waals surface area contributed by atoms with E-state index in [2.05, 4.69) is 9.93 Å². The van der Waals surface area contributed by atoms with E-state index in [1.54, 1.807) is 12.1 Å². The molecule has 8 nitrogen and oxygen atoms in total. The summed E-state index contributed by atoms with van der Waals surface area (Å²) in [6, 6.07) is 7.59. The Kier molecular flexibility index (Phi) is 7.98. The molecular weight excluding hydrogens is 420 g/mol. The van der Waals surface area contributed by atoms with Crippen molar-refractivity contribution in [2.24, 2.45) is 5.10 Å². The second-order valence-electron chi connectivity index (χ2n) is 5.75. The van der Waals surface area contributed by atoms with E-state index in [0.29, 0.717) is 29.4 Å². The second kappa shape index (κ2) is 10.2. The van der Waals surface area contributed by atoms with E-state index in [1.807, 2.05) is 6.92 Å². The minimum Gasteiger partial charge on any atom is -0.495 e. The molecule has 0 saturated carbocycles. The van der Waals surface area contributed by atoms with Crippen LogP contribution in [0.4, 0.5) is 0 Å². The van der Waals surface area contributed by atoms with Gasteiger partial charge in [0.25, 0.3) is 10.0 Å². The number of hydrogen-bond acceptors (Lipinski definition) is 7. The van der Waals surface area contributed by atoms with Crippen LogP contribution in [0.2, 0.25) is 5.02 Å². The molecule has 158 valence electrons. The van der Waals surface area contributed by atoms with Crippen LogP contribution in [-0.2, 0) is 10.0 Å². The molecule has 0 heterocycles. The number of rotatable bonds is 10. The zero-order valence-corrected chi connectivity index (χ0v) is 18.1. The lowest BCUT2D eigenvalue weighted by atomic mass is 10.2. The van der Waals surface area contributed by atoms with Crippen molar-refractivity contribution in [2.75, 3.05) is 27.9 Å². The molecule has 0 saturated heterocycles. The third kappa shape index (κ3) is 5.68. The van der Waals surface area contributed by atoms with Crippen LogP contribution >= 0.6 is 11.6 Å². The fourth-order valence-corrected chi connectivity index (χ4v) is 3.63. The van der Waals surface area contributed by atoms with Gasteiger partial charge in [0.15, 0.2) is 11.5 Å². The highest BCUT2D eigenvalue weighted by Crippen LogP contribution is 2.38. The van der Waals surface area contributed by atoms with Gasteiger partial charge in [0, 0.05) is 10.6 Å². The monoisotopic (exact) mass is 442 g/mol. The van der Waals surface area contributed by atoms with E-state index in [1.165, 1.54) is 45.7 Å². The number of ether oxygens (including phenoxy) is 4. The van der Waals surface area contributed by atoms with Gasteiger partial charge in [0.2, 0.25) is 5.75 Å². The Morgan fingerprint density at radius 2 is 1.66 bits per heavy atom. The predicted molar refractivity (Wildman–Crippen MR) is 111 cm³/mol. The topological polar surface area (TPSA) is 95.5 Å². The number of hydrazone groups is 1. The number of nitrogens with zero attached hydrogens (tertiary/aromatic N) is 1. The van der Waals surface area contributed by atoms with Gasteiger partial charge in [0.05, 0.1) is 34.2 Å². The predicted octanol–water partition coefficient (Wildman–Crippen LogP) is 3.47. The summed E-state index contributed by atoms with van der Waals surface area (Å²) in [7, 11) is 0.381. The molecule has 29 heavy (non-hydrogen) atoms. The van der Waals surface area contributed by atoms with Crippen LogP contribution < -0.4 is 23.8 Å². The fraction of sp³-hybridized carbons (Fsp3) is 0.316. The normalized spacial score (nSPS) is 11.3. The molecule has 0 unspecified atom stereocenters. The Morgan fingerprint density at radius 1 is 1.03 bits per heavy atom. The maximum absolute atomic E-state index is 12.5. The van der Waals surface area contributed by atoms with Crippen molar-refractivity contribution in [2.45, 2.75) is 18.2 Å². The summed E-state index contributed by atoms with van der Waals surface area (Å²) in [4.78, 5) is 2.02. The lowest BCUT2D eigenvalue weighted by molar-refractivity contribution is 0.275. The zero-order valence-electron chi connectivity index (χ0n) is 16.6. The van der Waals surface area contributed by atoms with Crippen molar-refractivity contribution in [1.82, 2.24) is 4.83 Å². The van der Waals surface area contributed by atoms with Crippen molar-refractivity contribution < 1.29 is 27.4 Å². The number of benzene rings is 2. The van der Waals surface area contributed by atoms with E-state index >= 15 is 0 Å². The maximum atomic E-state index is 12.5. The average Bonchev–Trinajstić information content (AvgIpc) is 2.71. The quantitative estimate of drug-likeness (QED) is 0.447. The Morgan fingerprint density at radius 3 is 2.21 bits per heavy atom. The van der Waals surface area contributed by atoms with Crippen molar-refractivity contribution in [3.8, 4) is 23.0 Å². The van der Waals surface area contributed by atoms with Gasteiger partial charge in [-0.3, -0.25) is 0 Å². The van der Waals surface area contributed by atoms with Crippen molar-refractivity contribution in [3.05, 3.63) is 40.9 Å². The molecule has 0 aliphatic carbocycles. The van der Waals surface area contributed by atoms with Crippen LogP contribution in [0, 0.1) is 0 Å². The van der Waals surface area contributed by atoms with Gasteiger partial charge in [-0.15, -0.1) is 0 Å². The van der Waals surface area contributed by atoms with Gasteiger partial charge in [-0.25, -0.2) is 0 Å². The van der Waals surface area contributed by atoms with Crippen LogP contribution in [0.1, 0.15) is 18.9 Å². The molecule has 0 amide bonds. The van der Waals surface area contributed by atoms with E-state index in [9.17, 15) is 8.42 Å². The highest BCUT2D eigenvalue weighted by molar-refractivity contribution is 7.89. The van der Waals surface area contributed by atoms with Crippen molar-refractivity contribution >= 4 is 27.8 Å². The minimum atomic E-state index is -3.99. The smallest absolute Gasteiger partial charge is 0.280 e. The molecule has 0 atom stereocenters. The molecule has 0 bridgehead atoms. The highest BCUT2D eigenvalue weighted by atomic mass is 35.5. The van der Waals surface area contributed by atoms with Gasteiger partial charge in [-0.1, -0.05) is 18.5 Å². The SMILES string of the molecule is CCCOc1c(OC)cc(/C=N/NS(=O)(=O)c2cc(Cl)ccc2OC)cc1OC. The number of hydrogen-bond donors (Lipinski definition) is 1. The van der Waals surface area contributed by atoms with E-state index in [0.717, 1.165) is 6.42 Å². The molecule has 0 fully saturated rings. The summed E-state index contributed by atoms with van der Waals surface area (Å²) < 4.78 is 46.5. The Hall–Kier alpha value is -2.65. The standard InChI is InChI=1S/C19H23ClN2O6S/c1-5-8-28-19-16(26-3)9-13(10-17(19)27-4)12-21-22-29(23,24)18-11-14(20)6-7-15(18)25-2/h6-7,9-12,22H,5,8H2,1-4H3/b21-12+. The van der Waals surface area contributed by atoms with Crippen LogP contribution in [0.5, 0.6) is 23.0 Å². The van der Waals surface area contributed by atoms with Gasteiger partial charge in [-0.05, 0) is 36.8 Å². The number of nitrogens with one attached hydrogen (secondary N) is 1. The molecule has 0 aliphatic rings. The van der Waals surface area contributed by atoms with E-state index in [4.69, 9.17) is 30.5 Å². The first-order valence-corrected chi connectivity index (χ1v) is 10.5. The molecule has 10 heteroatoms. The second-order valence-corrected chi connectivity index (χ2v) is 7.82. The van der Waals surface area contributed by atoms with Crippen LogP contribution in [0.3, 0.4) is 0 Å². The first-order valence-electron chi connectivity index (χ1n) is 8.63. The van der Waals surface area contributed by atoms with Crippen molar-refractivity contribution in [3.63, 3.8) is 0 Å². The summed E-state index contributed by atoms with van der Waals surface area (Å²) in [6.07, 6.45) is 2.15. The number of methoxy groups -OCH3 is 3. The van der Waals surface area contributed by atoms with Crippen LogP contribution in [0.15, 0.2) is 40.3 Å². The summed E-state index contributed by atoms with van der Waals surface area (Å²) in [5, 5.41) is 4.08. The summed E-state index contributed by atoms with van der Waals surface area (Å²) >= 11 is 5.90. The summed E-state index contributed by atoms with van der Waals surface area (Å²) in [5.74, 6) is 1.51. The van der Waals surface area contributed by atoms with Gasteiger partial charge in [-0.2, -0.15) is 18.4 Å². The Bertz CT molecular complexity index is 954. The highest BCUT2D eigenvalue weighted by Gasteiger charge is 2.19. The Labute approximate surface area is 175 Å². The largest absolute Gasteiger partial charge is 0.495 e. The van der Waals surface area contributed by atoms with Crippen LogP contribution in [0.25, 0.3) is 0 Å². The minimum absolute atomic E-state index is 0.122. The third-order valence-electron chi connectivity index (χ3n) is 3.74. The molecule has 2 aromatic rings. The molecule has 2 aromatic carbocycles. The maximum Gasteiger partial charge on any atom is 0.280 e. The molecule has 0 spiro atoms. The van der Waals surface area contributed by atoms with Gasteiger partial charge < -0.3 is 18.9 Å².